The second kappa shape index (κ2) is 3.02. The number of alkyl halides is 1. The summed E-state index contributed by atoms with van der Waals surface area (Å²) in [5, 5.41) is 8.39. The Morgan fingerprint density at radius 2 is 2.33 bits per heavy atom. The van der Waals surface area contributed by atoms with Gasteiger partial charge >= 0.3 is 0 Å². The lowest BCUT2D eigenvalue weighted by Gasteiger charge is -2.14. The number of hydrogen-bond acceptors (Lipinski definition) is 4. The molecule has 0 bridgehead atoms. The molecular weight excluding hydrogens is 159 g/mol. The van der Waals surface area contributed by atoms with Gasteiger partial charge in [0.1, 0.15) is 6.07 Å². The van der Waals surface area contributed by atoms with Crippen molar-refractivity contribution in [1.82, 2.24) is 0 Å². The molecule has 0 aromatic heterocycles. The normalized spacial score (nSPS) is 27.9. The first kappa shape index (κ1) is 8.22. The number of nitrogens with two attached hydrogens (primary N) is 1. The molecule has 12 heavy (non-hydrogen) atoms. The predicted octanol–water partition coefficient (Wildman–Crippen LogP) is -0.381. The summed E-state index contributed by atoms with van der Waals surface area (Å²) in [6.07, 6.45) is 3.32. The maximum Gasteiger partial charge on any atom is 0.217 e. The molecule has 0 aliphatic carbocycles. The van der Waals surface area contributed by atoms with Crippen molar-refractivity contribution in [3.63, 3.8) is 0 Å². The van der Waals surface area contributed by atoms with E-state index in [1.54, 1.807) is 6.07 Å². The van der Waals surface area contributed by atoms with Gasteiger partial charge in [0.05, 0.1) is 0 Å². The molecule has 1 rings (SSSR count). The first-order chi connectivity index (χ1) is 5.69. The highest BCUT2D eigenvalue weighted by Gasteiger charge is 2.28. The van der Waals surface area contributed by atoms with Crippen LogP contribution >= 0.6 is 0 Å². The number of guanidine groups is 1. The average molecular weight is 164 g/mol. The minimum absolute atomic E-state index is 0.150. The number of halogens is 1. The van der Waals surface area contributed by atoms with Crippen molar-refractivity contribution < 1.29 is 4.39 Å². The van der Waals surface area contributed by atoms with Gasteiger partial charge in [-0.15, -0.1) is 6.42 Å². The summed E-state index contributed by atoms with van der Waals surface area (Å²) in [7, 11) is 0. The Balaban J connectivity index is 3.02. The topological polar surface area (TPSA) is 74.5 Å². The Labute approximate surface area is 68.6 Å². The largest absolute Gasteiger partial charge is 0.368 e. The van der Waals surface area contributed by atoms with E-state index in [2.05, 4.69) is 15.9 Å². The second-order valence-corrected chi connectivity index (χ2v) is 2.11. The number of rotatable bonds is 0. The summed E-state index contributed by atoms with van der Waals surface area (Å²) < 4.78 is 13.0. The molecule has 0 amide bonds. The van der Waals surface area contributed by atoms with Crippen molar-refractivity contribution >= 4 is 11.7 Å². The van der Waals surface area contributed by atoms with Crippen molar-refractivity contribution in [2.45, 2.75) is 12.2 Å². The van der Waals surface area contributed by atoms with Gasteiger partial charge in [-0.2, -0.15) is 5.26 Å². The van der Waals surface area contributed by atoms with Crippen molar-refractivity contribution in [2.24, 2.45) is 15.7 Å². The minimum Gasteiger partial charge on any atom is -0.368 e. The summed E-state index contributed by atoms with van der Waals surface area (Å²) in [4.78, 5) is 6.92. The van der Waals surface area contributed by atoms with Gasteiger partial charge in [0.15, 0.2) is 17.9 Å². The second-order valence-electron chi connectivity index (χ2n) is 2.11. The maximum absolute atomic E-state index is 13.0. The summed E-state index contributed by atoms with van der Waals surface area (Å²) in [6.45, 7) is 0. The summed E-state index contributed by atoms with van der Waals surface area (Å²) in [6, 6.07) is 0.550. The van der Waals surface area contributed by atoms with Crippen LogP contribution in [0.1, 0.15) is 0 Å². The molecule has 60 valence electrons. The van der Waals surface area contributed by atoms with Gasteiger partial charge < -0.3 is 5.73 Å². The molecule has 0 fully saturated rings. The van der Waals surface area contributed by atoms with Crippen LogP contribution < -0.4 is 5.73 Å². The molecule has 0 aromatic rings. The van der Waals surface area contributed by atoms with Crippen LogP contribution in [0.5, 0.6) is 0 Å². The average Bonchev–Trinajstić information content (AvgIpc) is 2.08. The van der Waals surface area contributed by atoms with Crippen molar-refractivity contribution in [2.75, 3.05) is 0 Å². The molecule has 4 nitrogen and oxygen atoms in total. The summed E-state index contributed by atoms with van der Waals surface area (Å²) in [5.41, 5.74) is 4.86. The van der Waals surface area contributed by atoms with Crippen LogP contribution in [-0.4, -0.2) is 23.9 Å². The highest BCUT2D eigenvalue weighted by atomic mass is 19.1. The predicted molar refractivity (Wildman–Crippen MR) is 42.2 cm³/mol. The maximum atomic E-state index is 13.0. The Morgan fingerprint density at radius 3 is 2.83 bits per heavy atom. The third-order valence-corrected chi connectivity index (χ3v) is 1.33. The van der Waals surface area contributed by atoms with Gasteiger partial charge in [0.25, 0.3) is 0 Å². The Kier molecular flexibility index (Phi) is 2.07. The van der Waals surface area contributed by atoms with Gasteiger partial charge in [0, 0.05) is 0 Å². The van der Waals surface area contributed by atoms with E-state index >= 15 is 0 Å². The van der Waals surface area contributed by atoms with Crippen LogP contribution in [0, 0.1) is 23.7 Å². The zero-order valence-corrected chi connectivity index (χ0v) is 6.03. The van der Waals surface area contributed by atoms with E-state index in [0.29, 0.717) is 0 Å². The lowest BCUT2D eigenvalue weighted by molar-refractivity contribution is 0.399. The number of terminal acetylenes is 1. The molecule has 1 aliphatic rings. The molecule has 0 saturated carbocycles. The summed E-state index contributed by atoms with van der Waals surface area (Å²) in [5.74, 6) is 1.92. The lowest BCUT2D eigenvalue weighted by Crippen LogP contribution is -2.34. The van der Waals surface area contributed by atoms with E-state index in [9.17, 15) is 4.39 Å². The fraction of sp³-hybridized carbons (Fsp3) is 0.286. The molecule has 0 radical (unpaired) electrons. The SMILES string of the molecule is C#C[C@@H]1N=C(N)N=C(C#N)[C@H]1F. The number of nitrogens with zero attached hydrogens (tertiary/aromatic N) is 3. The fourth-order valence-corrected chi connectivity index (χ4v) is 0.780. The Hall–Kier alpha value is -1.88. The molecule has 0 spiro atoms. The zero-order chi connectivity index (χ0) is 9.14. The quantitative estimate of drug-likeness (QED) is 0.495. The molecule has 0 aromatic carbocycles. The Bertz CT molecular complexity index is 330. The monoisotopic (exact) mass is 164 g/mol. The van der Waals surface area contributed by atoms with Crippen LogP contribution in [0.15, 0.2) is 9.98 Å². The van der Waals surface area contributed by atoms with E-state index in [4.69, 9.17) is 17.4 Å². The number of aliphatic imine (C=N–C) groups is 2. The molecule has 0 unspecified atom stereocenters. The highest BCUT2D eigenvalue weighted by Crippen LogP contribution is 2.10. The van der Waals surface area contributed by atoms with Crippen LogP contribution in [0.4, 0.5) is 4.39 Å². The van der Waals surface area contributed by atoms with E-state index in [0.717, 1.165) is 0 Å². The third kappa shape index (κ3) is 1.25. The highest BCUT2D eigenvalue weighted by molar-refractivity contribution is 6.10. The minimum atomic E-state index is -1.63. The molecule has 0 saturated heterocycles. The van der Waals surface area contributed by atoms with Crippen LogP contribution in [0.2, 0.25) is 0 Å². The van der Waals surface area contributed by atoms with E-state index in [1.807, 2.05) is 0 Å². The van der Waals surface area contributed by atoms with Crippen molar-refractivity contribution in [3.8, 4) is 18.4 Å². The Morgan fingerprint density at radius 1 is 1.67 bits per heavy atom. The van der Waals surface area contributed by atoms with Gasteiger partial charge in [-0.1, -0.05) is 5.92 Å². The standard InChI is InChI=1S/C7H5FN4/c1-2-4-6(8)5(3-9)12-7(10)11-4/h1,4,6H,(H2,10,11)/t4-,6-/m0/s1. The van der Waals surface area contributed by atoms with Gasteiger partial charge in [-0.25, -0.2) is 14.4 Å². The zero-order valence-electron chi connectivity index (χ0n) is 6.03. The van der Waals surface area contributed by atoms with Gasteiger partial charge in [-0.3, -0.25) is 0 Å². The van der Waals surface area contributed by atoms with Crippen molar-refractivity contribution in [1.29, 1.82) is 5.26 Å². The van der Waals surface area contributed by atoms with E-state index in [-0.39, 0.29) is 11.7 Å². The van der Waals surface area contributed by atoms with E-state index < -0.39 is 12.2 Å². The summed E-state index contributed by atoms with van der Waals surface area (Å²) >= 11 is 0. The lowest BCUT2D eigenvalue weighted by atomic mass is 10.1. The fourth-order valence-electron chi connectivity index (χ4n) is 0.780. The molecule has 1 aliphatic heterocycles. The first-order valence-electron chi connectivity index (χ1n) is 3.11. The smallest absolute Gasteiger partial charge is 0.217 e. The molecular formula is C7H5FN4. The third-order valence-electron chi connectivity index (χ3n) is 1.33. The van der Waals surface area contributed by atoms with Crippen LogP contribution in [0.3, 0.4) is 0 Å². The molecule has 5 heteroatoms. The molecule has 2 N–H and O–H groups in total. The molecule has 2 atom stereocenters. The van der Waals surface area contributed by atoms with Gasteiger partial charge in [-0.05, 0) is 0 Å². The number of nitriles is 1. The molecule has 1 heterocycles. The first-order valence-corrected chi connectivity index (χ1v) is 3.11. The number of hydrogen-bond donors (Lipinski definition) is 1. The van der Waals surface area contributed by atoms with Crippen LogP contribution in [0.25, 0.3) is 0 Å². The van der Waals surface area contributed by atoms with Gasteiger partial charge in [0.2, 0.25) is 5.96 Å². The van der Waals surface area contributed by atoms with E-state index in [1.165, 1.54) is 0 Å². The van der Waals surface area contributed by atoms with Crippen LogP contribution in [-0.2, 0) is 0 Å². The van der Waals surface area contributed by atoms with Crippen molar-refractivity contribution in [3.05, 3.63) is 0 Å².